The number of primary amides is 1. The molecule has 3 heterocycles. The van der Waals surface area contributed by atoms with Gasteiger partial charge in [0.1, 0.15) is 40.0 Å². The zero-order chi connectivity index (χ0) is 33.5. The monoisotopic (exact) mass is 666 g/mol. The van der Waals surface area contributed by atoms with E-state index in [-0.39, 0.29) is 46.1 Å². The largest absolute Gasteiger partial charge is 0.494 e. The molecule has 2 amide bonds. The second-order valence-electron chi connectivity index (χ2n) is 11.0. The fourth-order valence-corrected chi connectivity index (χ4v) is 5.43. The van der Waals surface area contributed by atoms with Crippen molar-refractivity contribution in [2.24, 2.45) is 5.73 Å². The van der Waals surface area contributed by atoms with Gasteiger partial charge in [-0.15, -0.1) is 0 Å². The third-order valence-electron chi connectivity index (χ3n) is 7.73. The summed E-state index contributed by atoms with van der Waals surface area (Å²) in [5.41, 5.74) is 3.57. The van der Waals surface area contributed by atoms with Crippen LogP contribution in [0.4, 0.5) is 8.78 Å². The highest BCUT2D eigenvalue weighted by Gasteiger charge is 2.39. The number of rotatable bonds is 12. The molecule has 0 unspecified atom stereocenters. The van der Waals surface area contributed by atoms with Gasteiger partial charge in [-0.25, -0.2) is 13.8 Å². The van der Waals surface area contributed by atoms with E-state index in [0.717, 1.165) is 18.9 Å². The van der Waals surface area contributed by atoms with Crippen LogP contribution in [-0.2, 0) is 16.8 Å². The first-order valence-corrected chi connectivity index (χ1v) is 14.9. The maximum absolute atomic E-state index is 15.2. The lowest BCUT2D eigenvalue weighted by Gasteiger charge is -2.28. The van der Waals surface area contributed by atoms with Crippen LogP contribution in [0.1, 0.15) is 53.1 Å². The number of aliphatic hydroxyl groups is 1. The predicted octanol–water partition coefficient (Wildman–Crippen LogP) is 3.58. The fourth-order valence-electron chi connectivity index (χ4n) is 5.27. The van der Waals surface area contributed by atoms with Crippen molar-refractivity contribution >= 4 is 34.3 Å². The molecule has 0 aliphatic heterocycles. The van der Waals surface area contributed by atoms with Crippen LogP contribution < -0.4 is 20.5 Å². The standard InChI is InChI=1S/C31H29ClF2N8O5/c1-3-47-29-15(9-26(35)43)8-24(38-28(29)19-10-20(32)22(34)11-21(19)33)31(45,25-12-37-41-39-25)14-36-30(44)16-6-17-13-42(18-4-5-18)40-27(17)23(7-16)46-2/h6-8,10-13,18,45H,3-5,9,14H2,1-2H3,(H2,35,43)(H,36,44)(H,37,39,41)/t31-/m1/s1. The molecular weight excluding hydrogens is 638 g/mol. The van der Waals surface area contributed by atoms with Gasteiger partial charge in [0.05, 0.1) is 49.6 Å². The molecule has 6 rings (SSSR count). The summed E-state index contributed by atoms with van der Waals surface area (Å²) in [6.45, 7) is 1.22. The van der Waals surface area contributed by atoms with Crippen LogP contribution in [-0.4, -0.2) is 67.4 Å². The number of H-pyrrole nitrogens is 1. The number of aromatic amines is 1. The molecule has 3 aromatic heterocycles. The molecule has 1 saturated carbocycles. The van der Waals surface area contributed by atoms with Crippen molar-refractivity contribution in [1.82, 2.24) is 35.5 Å². The van der Waals surface area contributed by atoms with Crippen LogP contribution in [0.3, 0.4) is 0 Å². The van der Waals surface area contributed by atoms with Gasteiger partial charge in [-0.05, 0) is 44.0 Å². The molecule has 1 aliphatic carbocycles. The van der Waals surface area contributed by atoms with Gasteiger partial charge >= 0.3 is 0 Å². The second-order valence-corrected chi connectivity index (χ2v) is 11.4. The van der Waals surface area contributed by atoms with Gasteiger partial charge in [0.25, 0.3) is 5.91 Å². The summed E-state index contributed by atoms with van der Waals surface area (Å²) in [4.78, 5) is 30.2. The first-order valence-electron chi connectivity index (χ1n) is 14.6. The number of ether oxygens (including phenoxy) is 2. The van der Waals surface area contributed by atoms with E-state index >= 15 is 4.39 Å². The summed E-state index contributed by atoms with van der Waals surface area (Å²) >= 11 is 6.00. The zero-order valence-electron chi connectivity index (χ0n) is 25.2. The smallest absolute Gasteiger partial charge is 0.251 e. The Morgan fingerprint density at radius 1 is 1.19 bits per heavy atom. The van der Waals surface area contributed by atoms with Crippen LogP contribution in [0.5, 0.6) is 11.5 Å². The summed E-state index contributed by atoms with van der Waals surface area (Å²) < 4.78 is 42.5. The highest BCUT2D eigenvalue weighted by molar-refractivity contribution is 6.31. The Hall–Kier alpha value is -5.15. The SMILES string of the molecule is CCOc1c(CC(N)=O)cc([C@](O)(CNC(=O)c2cc(OC)c3nn(C4CC4)cc3c2)c2cn[nH]n2)nc1-c1cc(Cl)c(F)cc1F. The molecule has 5 N–H and O–H groups in total. The molecule has 0 spiro atoms. The average Bonchev–Trinajstić information content (AvgIpc) is 3.55. The van der Waals surface area contributed by atoms with Crippen LogP contribution >= 0.6 is 11.6 Å². The van der Waals surface area contributed by atoms with Crippen molar-refractivity contribution in [3.05, 3.63) is 81.9 Å². The molecule has 0 saturated heterocycles. The Morgan fingerprint density at radius 2 is 1.98 bits per heavy atom. The van der Waals surface area contributed by atoms with Crippen molar-refractivity contribution in [2.45, 2.75) is 37.8 Å². The maximum Gasteiger partial charge on any atom is 0.251 e. The number of nitrogens with two attached hydrogens (primary N) is 1. The van der Waals surface area contributed by atoms with Gasteiger partial charge in [-0.1, -0.05) is 11.6 Å². The normalized spacial score (nSPS) is 14.2. The number of amides is 2. The lowest BCUT2D eigenvalue weighted by atomic mass is 9.91. The van der Waals surface area contributed by atoms with E-state index < -0.39 is 47.0 Å². The van der Waals surface area contributed by atoms with Gasteiger partial charge in [0.15, 0.2) is 5.60 Å². The molecule has 0 bridgehead atoms. The van der Waals surface area contributed by atoms with Crippen LogP contribution in [0.15, 0.2) is 42.7 Å². The van der Waals surface area contributed by atoms with Crippen molar-refractivity contribution in [2.75, 3.05) is 20.3 Å². The Labute approximate surface area is 271 Å². The Bertz CT molecular complexity index is 2000. The molecule has 1 fully saturated rings. The van der Waals surface area contributed by atoms with Gasteiger partial charge in [-0.2, -0.15) is 20.5 Å². The number of pyridine rings is 1. The number of aromatic nitrogens is 6. The predicted molar refractivity (Wildman–Crippen MR) is 165 cm³/mol. The first-order chi connectivity index (χ1) is 22.5. The third kappa shape index (κ3) is 6.18. The van der Waals surface area contributed by atoms with E-state index in [4.69, 9.17) is 26.8 Å². The van der Waals surface area contributed by atoms with Crippen molar-refractivity contribution in [3.63, 3.8) is 0 Å². The van der Waals surface area contributed by atoms with Crippen LogP contribution in [0, 0.1) is 11.6 Å². The van der Waals surface area contributed by atoms with Crippen molar-refractivity contribution in [3.8, 4) is 22.8 Å². The van der Waals surface area contributed by atoms with Crippen molar-refractivity contribution in [1.29, 1.82) is 0 Å². The van der Waals surface area contributed by atoms with Gasteiger partial charge in [0, 0.05) is 34.3 Å². The summed E-state index contributed by atoms with van der Waals surface area (Å²) in [5.74, 6) is -3.01. The number of halogens is 3. The minimum atomic E-state index is -2.21. The highest BCUT2D eigenvalue weighted by Crippen LogP contribution is 2.40. The quantitative estimate of drug-likeness (QED) is 0.145. The second kappa shape index (κ2) is 12.6. The molecule has 5 aromatic rings. The molecular formula is C31H29ClF2N8O5. The third-order valence-corrected chi connectivity index (χ3v) is 8.02. The average molecular weight is 667 g/mol. The van der Waals surface area contributed by atoms with E-state index in [2.05, 4.69) is 30.8 Å². The molecule has 1 atom stereocenters. The van der Waals surface area contributed by atoms with Crippen molar-refractivity contribution < 1.29 is 33.0 Å². The number of benzene rings is 2. The summed E-state index contributed by atoms with van der Waals surface area (Å²) in [5, 5.41) is 30.1. The lowest BCUT2D eigenvalue weighted by Crippen LogP contribution is -2.43. The first kappa shape index (κ1) is 31.8. The molecule has 13 nitrogen and oxygen atoms in total. The minimum absolute atomic E-state index is 0.0321. The van der Waals surface area contributed by atoms with E-state index in [1.54, 1.807) is 13.0 Å². The number of methoxy groups -OCH3 is 1. The Morgan fingerprint density at radius 3 is 2.64 bits per heavy atom. The summed E-state index contributed by atoms with van der Waals surface area (Å²) in [6, 6.07) is 6.45. The van der Waals surface area contributed by atoms with E-state index in [1.807, 2.05) is 10.9 Å². The number of hydrogen-bond acceptors (Lipinski definition) is 9. The zero-order valence-corrected chi connectivity index (χ0v) is 25.9. The highest BCUT2D eigenvalue weighted by atomic mass is 35.5. The molecule has 16 heteroatoms. The molecule has 244 valence electrons. The van der Waals surface area contributed by atoms with Crippen LogP contribution in [0.2, 0.25) is 5.02 Å². The number of nitrogens with zero attached hydrogens (tertiary/aromatic N) is 5. The Balaban J connectivity index is 1.43. The number of carbonyl (C=O) groups excluding carboxylic acids is 2. The Kier molecular flexibility index (Phi) is 8.51. The maximum atomic E-state index is 15.2. The lowest BCUT2D eigenvalue weighted by molar-refractivity contribution is -0.117. The van der Waals surface area contributed by atoms with Gasteiger partial charge in [-0.3, -0.25) is 14.3 Å². The minimum Gasteiger partial charge on any atom is -0.494 e. The molecule has 2 aromatic carbocycles. The number of nitrogens with one attached hydrogen (secondary N) is 2. The summed E-state index contributed by atoms with van der Waals surface area (Å²) in [7, 11) is 1.48. The number of carbonyl (C=O) groups is 2. The van der Waals surface area contributed by atoms with Gasteiger partial charge in [0.2, 0.25) is 5.91 Å². The molecule has 1 aliphatic rings. The topological polar surface area (TPSA) is 183 Å². The van der Waals surface area contributed by atoms with E-state index in [9.17, 15) is 19.1 Å². The molecule has 0 radical (unpaired) electrons. The van der Waals surface area contributed by atoms with E-state index in [1.165, 1.54) is 25.4 Å². The molecule has 47 heavy (non-hydrogen) atoms. The number of fused-ring (bicyclic) bond motifs is 1. The van der Waals surface area contributed by atoms with E-state index in [0.29, 0.717) is 28.8 Å². The van der Waals surface area contributed by atoms with Crippen LogP contribution in [0.25, 0.3) is 22.2 Å². The fraction of sp³-hybridized carbons (Fsp3) is 0.290. The number of hydrogen-bond donors (Lipinski definition) is 4. The van der Waals surface area contributed by atoms with Gasteiger partial charge < -0.3 is 25.6 Å². The summed E-state index contributed by atoms with van der Waals surface area (Å²) in [6.07, 6.45) is 4.71.